The zero-order valence-corrected chi connectivity index (χ0v) is 26.7. The van der Waals surface area contributed by atoms with Gasteiger partial charge >= 0.3 is 18.1 Å². The smallest absolute Gasteiger partial charge is 0.399 e. The number of carbonyl (C=O) groups is 3. The van der Waals surface area contributed by atoms with Gasteiger partial charge in [0.05, 0.1) is 24.3 Å². The van der Waals surface area contributed by atoms with Crippen LogP contribution in [0.25, 0.3) is 11.1 Å². The van der Waals surface area contributed by atoms with Crippen molar-refractivity contribution in [3.63, 3.8) is 0 Å². The number of aliphatic carboxylic acids is 1. The molecule has 3 aromatic carbocycles. The van der Waals surface area contributed by atoms with Gasteiger partial charge in [0.1, 0.15) is 23.7 Å². The van der Waals surface area contributed by atoms with E-state index in [1.165, 1.54) is 12.1 Å². The number of likely N-dealkylation sites (tertiary alicyclic amines) is 1. The maximum absolute atomic E-state index is 13.6. The first kappa shape index (κ1) is 36.2. The molecule has 258 valence electrons. The lowest BCUT2D eigenvalue weighted by molar-refractivity contribution is -0.166. The average molecular weight is 675 g/mol. The SMILES string of the molecule is CCOc1cc(CN2CCC3(CC2)CC(=O)N(c2ccc(C(=O)O)cc2)C3)cc(OCC)c1-c1ccc(F)cc1.O=C(O)CC(F)(F)F. The minimum absolute atomic E-state index is 0.0710. The quantitative estimate of drug-likeness (QED) is 0.220. The van der Waals surface area contributed by atoms with Crippen molar-refractivity contribution >= 4 is 23.5 Å². The monoisotopic (exact) mass is 674 g/mol. The Hall–Kier alpha value is -4.65. The van der Waals surface area contributed by atoms with E-state index in [1.807, 2.05) is 13.8 Å². The maximum atomic E-state index is 13.6. The van der Waals surface area contributed by atoms with Gasteiger partial charge in [-0.3, -0.25) is 14.5 Å². The number of anilines is 1. The van der Waals surface area contributed by atoms with Crippen molar-refractivity contribution in [1.82, 2.24) is 4.90 Å². The first-order valence-corrected chi connectivity index (χ1v) is 15.6. The van der Waals surface area contributed by atoms with Crippen LogP contribution >= 0.6 is 0 Å². The standard InChI is InChI=1S/C32H35FN2O5.C3H3F3O2/c1-3-39-27-17-22(18-28(40-4-2)30(27)23-5-9-25(33)10-6-23)20-34-15-13-32(14-16-34)19-29(36)35(21-32)26-11-7-24(8-12-26)31(37)38;4-3(5,6)1-2(7)8/h5-12,17-18H,3-4,13-16,19-21H2,1-2H3,(H,37,38);1H2,(H,7,8). The van der Waals surface area contributed by atoms with Crippen LogP contribution < -0.4 is 14.4 Å². The first-order valence-electron chi connectivity index (χ1n) is 15.6. The molecule has 2 fully saturated rings. The molecule has 2 aliphatic rings. The Labute approximate surface area is 275 Å². The van der Waals surface area contributed by atoms with Gasteiger partial charge in [0.2, 0.25) is 5.91 Å². The van der Waals surface area contributed by atoms with Crippen LogP contribution in [0.5, 0.6) is 11.5 Å². The van der Waals surface area contributed by atoms with E-state index in [9.17, 15) is 31.9 Å². The van der Waals surface area contributed by atoms with Crippen LogP contribution in [0.3, 0.4) is 0 Å². The molecule has 0 unspecified atom stereocenters. The fourth-order valence-electron chi connectivity index (χ4n) is 6.04. The number of carboxylic acids is 2. The Morgan fingerprint density at radius 2 is 1.46 bits per heavy atom. The van der Waals surface area contributed by atoms with Gasteiger partial charge in [-0.15, -0.1) is 0 Å². The van der Waals surface area contributed by atoms with E-state index in [0.29, 0.717) is 26.2 Å². The highest BCUT2D eigenvalue weighted by atomic mass is 19.4. The number of piperidine rings is 1. The van der Waals surface area contributed by atoms with Crippen molar-refractivity contribution in [2.45, 2.75) is 52.3 Å². The van der Waals surface area contributed by atoms with Gasteiger partial charge in [-0.1, -0.05) is 12.1 Å². The third-order valence-corrected chi connectivity index (χ3v) is 8.28. The van der Waals surface area contributed by atoms with Gasteiger partial charge in [-0.2, -0.15) is 13.2 Å². The van der Waals surface area contributed by atoms with Gasteiger partial charge in [0, 0.05) is 25.2 Å². The van der Waals surface area contributed by atoms with E-state index >= 15 is 0 Å². The lowest BCUT2D eigenvalue weighted by Gasteiger charge is -2.39. The van der Waals surface area contributed by atoms with E-state index in [1.54, 1.807) is 41.3 Å². The summed E-state index contributed by atoms with van der Waals surface area (Å²) in [7, 11) is 0. The molecular weight excluding hydrogens is 636 g/mol. The summed E-state index contributed by atoms with van der Waals surface area (Å²) in [6.45, 7) is 8.00. The van der Waals surface area contributed by atoms with E-state index < -0.39 is 24.5 Å². The zero-order valence-electron chi connectivity index (χ0n) is 26.7. The topological polar surface area (TPSA) is 117 Å². The molecule has 0 aromatic heterocycles. The van der Waals surface area contributed by atoms with E-state index in [0.717, 1.165) is 66.4 Å². The molecule has 2 saturated heterocycles. The summed E-state index contributed by atoms with van der Waals surface area (Å²) in [6, 6.07) is 17.0. The molecule has 3 aromatic rings. The molecule has 0 radical (unpaired) electrons. The maximum Gasteiger partial charge on any atom is 0.399 e. The van der Waals surface area contributed by atoms with Crippen molar-refractivity contribution in [1.29, 1.82) is 0 Å². The van der Waals surface area contributed by atoms with Crippen molar-refractivity contribution < 1.29 is 51.6 Å². The van der Waals surface area contributed by atoms with Gasteiger partial charge in [0.15, 0.2) is 0 Å². The van der Waals surface area contributed by atoms with Gasteiger partial charge in [-0.05, 0) is 105 Å². The Bertz CT molecular complexity index is 1560. The molecule has 1 spiro atoms. The highest BCUT2D eigenvalue weighted by molar-refractivity contribution is 5.97. The van der Waals surface area contributed by atoms with Crippen LogP contribution in [0, 0.1) is 11.2 Å². The number of aromatic carboxylic acids is 1. The number of amides is 1. The van der Waals surface area contributed by atoms with E-state index in [2.05, 4.69) is 17.0 Å². The molecule has 1 amide bonds. The van der Waals surface area contributed by atoms with Gasteiger partial charge in [0.25, 0.3) is 0 Å². The van der Waals surface area contributed by atoms with Crippen LogP contribution in [-0.4, -0.2) is 72.0 Å². The number of hydrogen-bond acceptors (Lipinski definition) is 6. The number of alkyl halides is 3. The predicted octanol–water partition coefficient (Wildman–Crippen LogP) is 7.03. The van der Waals surface area contributed by atoms with Crippen molar-refractivity contribution in [2.24, 2.45) is 5.41 Å². The van der Waals surface area contributed by atoms with Crippen LogP contribution in [0.15, 0.2) is 60.7 Å². The Kier molecular flexibility index (Phi) is 11.7. The number of nitrogens with zero attached hydrogens (tertiary/aromatic N) is 2. The molecule has 0 bridgehead atoms. The Balaban J connectivity index is 0.000000579. The van der Waals surface area contributed by atoms with E-state index in [4.69, 9.17) is 19.7 Å². The summed E-state index contributed by atoms with van der Waals surface area (Å²) >= 11 is 0. The van der Waals surface area contributed by atoms with Crippen molar-refractivity contribution in [3.05, 3.63) is 77.6 Å². The fraction of sp³-hybridized carbons (Fsp3) is 0.400. The number of rotatable bonds is 10. The number of hydrogen-bond donors (Lipinski definition) is 2. The van der Waals surface area contributed by atoms with Crippen LogP contribution in [-0.2, 0) is 16.1 Å². The Morgan fingerprint density at radius 1 is 0.896 bits per heavy atom. The molecule has 9 nitrogen and oxygen atoms in total. The second kappa shape index (κ2) is 15.5. The van der Waals surface area contributed by atoms with E-state index in [-0.39, 0.29) is 22.7 Å². The molecule has 48 heavy (non-hydrogen) atoms. The number of benzene rings is 3. The summed E-state index contributed by atoms with van der Waals surface area (Å²) in [6.07, 6.45) is -4.00. The molecule has 2 aliphatic heterocycles. The van der Waals surface area contributed by atoms with Gasteiger partial charge < -0.3 is 24.6 Å². The molecule has 13 heteroatoms. The zero-order chi connectivity index (χ0) is 35.1. The third-order valence-electron chi connectivity index (χ3n) is 8.28. The summed E-state index contributed by atoms with van der Waals surface area (Å²) in [5.74, 6) is -1.59. The summed E-state index contributed by atoms with van der Waals surface area (Å²) in [5, 5.41) is 16.7. The number of carboxylic acid groups (broad SMARTS) is 2. The van der Waals surface area contributed by atoms with Crippen molar-refractivity contribution in [2.75, 3.05) is 37.7 Å². The second-order valence-electron chi connectivity index (χ2n) is 11.8. The number of ether oxygens (including phenoxy) is 2. The highest BCUT2D eigenvalue weighted by Crippen LogP contribution is 2.44. The minimum atomic E-state index is -4.58. The molecule has 2 N–H and O–H groups in total. The molecule has 0 aliphatic carbocycles. The predicted molar refractivity (Wildman–Crippen MR) is 170 cm³/mol. The first-order chi connectivity index (χ1) is 22.7. The summed E-state index contributed by atoms with van der Waals surface area (Å²) < 4.78 is 58.4. The summed E-state index contributed by atoms with van der Waals surface area (Å²) in [4.78, 5) is 37.6. The lowest BCUT2D eigenvalue weighted by Crippen LogP contribution is -2.41. The molecule has 0 saturated carbocycles. The minimum Gasteiger partial charge on any atom is -0.493 e. The second-order valence-corrected chi connectivity index (χ2v) is 11.8. The summed E-state index contributed by atoms with van der Waals surface area (Å²) in [5.41, 5.74) is 3.64. The third kappa shape index (κ3) is 9.46. The van der Waals surface area contributed by atoms with Crippen LogP contribution in [0.4, 0.5) is 23.2 Å². The largest absolute Gasteiger partial charge is 0.493 e. The van der Waals surface area contributed by atoms with Crippen LogP contribution in [0.2, 0.25) is 0 Å². The average Bonchev–Trinajstić information content (AvgIpc) is 3.34. The Morgan fingerprint density at radius 3 is 1.92 bits per heavy atom. The normalized spacial score (nSPS) is 16.0. The molecule has 5 rings (SSSR count). The molecule has 0 atom stereocenters. The molecule has 2 heterocycles. The fourth-order valence-corrected chi connectivity index (χ4v) is 6.04. The lowest BCUT2D eigenvalue weighted by atomic mass is 9.77. The van der Waals surface area contributed by atoms with Crippen LogP contribution in [0.1, 0.15) is 55.5 Å². The van der Waals surface area contributed by atoms with Gasteiger partial charge in [-0.25, -0.2) is 9.18 Å². The molecular formula is C35H38F4N2O7. The highest BCUT2D eigenvalue weighted by Gasteiger charge is 2.45. The van der Waals surface area contributed by atoms with Crippen molar-refractivity contribution in [3.8, 4) is 22.6 Å². The number of halogens is 4. The number of carbonyl (C=O) groups excluding carboxylic acids is 1.